The number of hydrogen-bond donors (Lipinski definition) is 2. The lowest BCUT2D eigenvalue weighted by atomic mass is 10.3. The molecule has 0 aliphatic heterocycles. The van der Waals surface area contributed by atoms with E-state index < -0.39 is 15.3 Å². The van der Waals surface area contributed by atoms with Crippen LogP contribution >= 0.6 is 12.2 Å². The smallest absolute Gasteiger partial charge is 0.241 e. The molecule has 0 fully saturated rings. The first-order valence-corrected chi connectivity index (χ1v) is 7.30. The van der Waals surface area contributed by atoms with Crippen LogP contribution in [0.3, 0.4) is 0 Å². The topological polar surface area (TPSA) is 90.7 Å². The van der Waals surface area contributed by atoms with E-state index in [9.17, 15) is 8.42 Å². The summed E-state index contributed by atoms with van der Waals surface area (Å²) in [6.45, 7) is 1.42. The molecule has 0 spiro atoms. The highest BCUT2D eigenvalue weighted by Crippen LogP contribution is 2.30. The van der Waals surface area contributed by atoms with E-state index in [0.717, 1.165) is 0 Å². The van der Waals surface area contributed by atoms with E-state index in [1.807, 2.05) is 0 Å². The summed E-state index contributed by atoms with van der Waals surface area (Å²) in [5.41, 5.74) is 5.69. The summed E-state index contributed by atoms with van der Waals surface area (Å²) in [6.07, 6.45) is 0. The van der Waals surface area contributed by atoms with E-state index >= 15 is 0 Å². The predicted molar refractivity (Wildman–Crippen MR) is 78.3 cm³/mol. The summed E-state index contributed by atoms with van der Waals surface area (Å²) in [6, 6.07) is 4.68. The minimum absolute atomic E-state index is 0.0898. The Morgan fingerprint density at radius 2 is 1.89 bits per heavy atom. The van der Waals surface area contributed by atoms with Gasteiger partial charge in [-0.1, -0.05) is 12.2 Å². The Morgan fingerprint density at radius 1 is 1.32 bits per heavy atom. The van der Waals surface area contributed by atoms with E-state index in [-0.39, 0.29) is 4.99 Å². The molecule has 3 N–H and O–H groups in total. The molecular formula is C11H16N2O4S2. The first-order valence-electron chi connectivity index (χ1n) is 5.34. The molecule has 1 rings (SSSR count). The summed E-state index contributed by atoms with van der Waals surface area (Å²) in [5.74, 6) is 0.929. The molecule has 0 aliphatic carbocycles. The van der Waals surface area contributed by atoms with Crippen LogP contribution in [0, 0.1) is 0 Å². The summed E-state index contributed by atoms with van der Waals surface area (Å²) in [5, 5.41) is -0.962. The molecular weight excluding hydrogens is 288 g/mol. The fourth-order valence-corrected chi connectivity index (χ4v) is 2.62. The molecule has 0 bridgehead atoms. The number of rotatable bonds is 6. The minimum atomic E-state index is -3.67. The molecule has 106 valence electrons. The van der Waals surface area contributed by atoms with Gasteiger partial charge < -0.3 is 15.2 Å². The van der Waals surface area contributed by atoms with Crippen molar-refractivity contribution in [2.45, 2.75) is 12.2 Å². The van der Waals surface area contributed by atoms with Crippen LogP contribution in [0.1, 0.15) is 6.92 Å². The van der Waals surface area contributed by atoms with E-state index in [1.165, 1.54) is 27.2 Å². The van der Waals surface area contributed by atoms with Gasteiger partial charge in [-0.15, -0.1) is 0 Å². The molecule has 0 saturated carbocycles. The average molecular weight is 304 g/mol. The lowest BCUT2D eigenvalue weighted by Gasteiger charge is -2.15. The van der Waals surface area contributed by atoms with Gasteiger partial charge in [0.05, 0.1) is 24.9 Å². The van der Waals surface area contributed by atoms with Crippen molar-refractivity contribution in [3.8, 4) is 11.5 Å². The highest BCUT2D eigenvalue weighted by molar-refractivity contribution is 7.95. The SMILES string of the molecule is COc1ccc(NS(=O)(=O)C(C)C(N)=S)cc1OC. The number of hydrogen-bond acceptors (Lipinski definition) is 5. The Bertz CT molecular complexity index is 572. The summed E-state index contributed by atoms with van der Waals surface area (Å²) < 4.78 is 36.4. The van der Waals surface area contributed by atoms with Crippen LogP contribution in [0.4, 0.5) is 5.69 Å². The van der Waals surface area contributed by atoms with Crippen LogP contribution in [0.2, 0.25) is 0 Å². The molecule has 0 saturated heterocycles. The van der Waals surface area contributed by atoms with Crippen LogP contribution in [0.5, 0.6) is 11.5 Å². The maximum atomic E-state index is 11.9. The third-order valence-corrected chi connectivity index (χ3v) is 4.72. The van der Waals surface area contributed by atoms with Crippen LogP contribution < -0.4 is 19.9 Å². The number of sulfonamides is 1. The standard InChI is InChI=1S/C11H16N2O4S2/c1-7(11(12)18)19(14,15)13-8-4-5-9(16-2)10(6-8)17-3/h4-7,13H,1-3H3,(H2,12,18). The van der Waals surface area contributed by atoms with E-state index in [1.54, 1.807) is 12.1 Å². The van der Waals surface area contributed by atoms with Crippen molar-refractivity contribution in [1.29, 1.82) is 0 Å². The van der Waals surface area contributed by atoms with Crippen molar-refractivity contribution in [2.24, 2.45) is 5.73 Å². The second kappa shape index (κ2) is 6.07. The van der Waals surface area contributed by atoms with Crippen LogP contribution in [0.15, 0.2) is 18.2 Å². The first-order chi connectivity index (χ1) is 8.81. The molecule has 19 heavy (non-hydrogen) atoms. The Kier molecular flexibility index (Phi) is 4.96. The molecule has 0 radical (unpaired) electrons. The van der Waals surface area contributed by atoms with Crippen LogP contribution in [-0.4, -0.2) is 32.9 Å². The summed E-state index contributed by atoms with van der Waals surface area (Å²) in [7, 11) is -0.707. The van der Waals surface area contributed by atoms with E-state index in [4.69, 9.17) is 15.2 Å². The number of thiocarbonyl (C=S) groups is 1. The van der Waals surface area contributed by atoms with E-state index in [2.05, 4.69) is 16.9 Å². The van der Waals surface area contributed by atoms with Gasteiger partial charge in [0.1, 0.15) is 5.25 Å². The molecule has 6 nitrogen and oxygen atoms in total. The maximum Gasteiger partial charge on any atom is 0.241 e. The molecule has 0 aromatic heterocycles. The third kappa shape index (κ3) is 3.71. The molecule has 1 aromatic rings. The van der Waals surface area contributed by atoms with Crippen molar-refractivity contribution >= 4 is 32.9 Å². The predicted octanol–water partition coefficient (Wildman–Crippen LogP) is 1.12. The van der Waals surface area contributed by atoms with Gasteiger partial charge in [0.2, 0.25) is 10.0 Å². The zero-order valence-electron chi connectivity index (χ0n) is 10.8. The Hall–Kier alpha value is -1.54. The van der Waals surface area contributed by atoms with Gasteiger partial charge in [0, 0.05) is 6.07 Å². The monoisotopic (exact) mass is 304 g/mol. The summed E-state index contributed by atoms with van der Waals surface area (Å²) in [4.78, 5) is -0.0898. The number of nitrogens with two attached hydrogens (primary N) is 1. The van der Waals surface area contributed by atoms with Gasteiger partial charge >= 0.3 is 0 Å². The largest absolute Gasteiger partial charge is 0.493 e. The van der Waals surface area contributed by atoms with Gasteiger partial charge in [-0.25, -0.2) is 8.42 Å². The molecule has 1 aromatic carbocycles. The Balaban J connectivity index is 3.04. The normalized spacial score (nSPS) is 12.6. The van der Waals surface area contributed by atoms with Gasteiger partial charge in [0.25, 0.3) is 0 Å². The second-order valence-electron chi connectivity index (χ2n) is 3.76. The molecule has 1 atom stereocenters. The maximum absolute atomic E-state index is 11.9. The molecule has 0 amide bonds. The van der Waals surface area contributed by atoms with Crippen molar-refractivity contribution in [2.75, 3.05) is 18.9 Å². The van der Waals surface area contributed by atoms with Crippen molar-refractivity contribution in [1.82, 2.24) is 0 Å². The van der Waals surface area contributed by atoms with Crippen LogP contribution in [0.25, 0.3) is 0 Å². The average Bonchev–Trinajstić information content (AvgIpc) is 2.36. The fourth-order valence-electron chi connectivity index (χ4n) is 1.31. The second-order valence-corrected chi connectivity index (χ2v) is 6.23. The molecule has 0 aliphatic rings. The lowest BCUT2D eigenvalue weighted by molar-refractivity contribution is 0.355. The fraction of sp³-hybridized carbons (Fsp3) is 0.364. The summed E-state index contributed by atoms with van der Waals surface area (Å²) >= 11 is 4.68. The number of methoxy groups -OCH3 is 2. The minimum Gasteiger partial charge on any atom is -0.493 e. The van der Waals surface area contributed by atoms with Gasteiger partial charge in [-0.2, -0.15) is 0 Å². The zero-order chi connectivity index (χ0) is 14.6. The van der Waals surface area contributed by atoms with Crippen molar-refractivity contribution < 1.29 is 17.9 Å². The first kappa shape index (κ1) is 15.5. The molecule has 1 unspecified atom stereocenters. The quantitative estimate of drug-likeness (QED) is 0.765. The van der Waals surface area contributed by atoms with E-state index in [0.29, 0.717) is 17.2 Å². The van der Waals surface area contributed by atoms with Crippen LogP contribution in [-0.2, 0) is 10.0 Å². The number of ether oxygens (including phenoxy) is 2. The molecule has 0 heterocycles. The number of nitrogens with one attached hydrogen (secondary N) is 1. The van der Waals surface area contributed by atoms with Gasteiger partial charge in [-0.3, -0.25) is 4.72 Å². The number of anilines is 1. The highest BCUT2D eigenvalue weighted by Gasteiger charge is 2.23. The van der Waals surface area contributed by atoms with Crippen molar-refractivity contribution in [3.63, 3.8) is 0 Å². The lowest BCUT2D eigenvalue weighted by Crippen LogP contribution is -2.35. The number of benzene rings is 1. The Labute approximate surface area is 117 Å². The van der Waals surface area contributed by atoms with Crippen molar-refractivity contribution in [3.05, 3.63) is 18.2 Å². The molecule has 8 heteroatoms. The van der Waals surface area contributed by atoms with Gasteiger partial charge in [0.15, 0.2) is 11.5 Å². The highest BCUT2D eigenvalue weighted by atomic mass is 32.2. The van der Waals surface area contributed by atoms with Gasteiger partial charge in [-0.05, 0) is 19.1 Å². The zero-order valence-corrected chi connectivity index (χ0v) is 12.5. The third-order valence-electron chi connectivity index (χ3n) is 2.51. The Morgan fingerprint density at radius 3 is 2.37 bits per heavy atom.